The molecule has 7 atom stereocenters. The van der Waals surface area contributed by atoms with E-state index in [-0.39, 0.29) is 71.6 Å². The van der Waals surface area contributed by atoms with Gasteiger partial charge in [0.05, 0.1) is 19.5 Å². The number of aliphatic hydroxyl groups is 2. The highest BCUT2D eigenvalue weighted by Gasteiger charge is 2.50. The molecule has 26 nitrogen and oxygen atoms in total. The first-order chi connectivity index (χ1) is 26.9. The van der Waals surface area contributed by atoms with Crippen molar-refractivity contribution in [3.8, 4) is 0 Å². The Morgan fingerprint density at radius 3 is 2.43 bits per heavy atom. The number of thioether (sulfide) groups is 1. The maximum absolute atomic E-state index is 12.7. The number of fused-ring (bicyclic) bond motifs is 1. The number of anilines is 1. The van der Waals surface area contributed by atoms with Crippen LogP contribution in [-0.2, 0) is 55.5 Å². The minimum Gasteiger partial charge on any atom is -0.402 e. The van der Waals surface area contributed by atoms with Gasteiger partial charge in [0.1, 0.15) is 42.0 Å². The van der Waals surface area contributed by atoms with Gasteiger partial charge in [0.25, 0.3) is 0 Å². The molecule has 0 radical (unpaired) electrons. The van der Waals surface area contributed by atoms with Gasteiger partial charge in [-0.1, -0.05) is 25.6 Å². The second kappa shape index (κ2) is 19.4. The first-order valence-corrected chi connectivity index (χ1v) is 22.5. The Balaban J connectivity index is 1.22. The number of ketones is 1. The van der Waals surface area contributed by atoms with Crippen molar-refractivity contribution in [2.45, 2.75) is 70.2 Å². The summed E-state index contributed by atoms with van der Waals surface area (Å²) in [7, 11) is -16.4. The molecule has 324 valence electrons. The number of nitrogen functional groups attached to an aromatic ring is 1. The van der Waals surface area contributed by atoms with Crippen molar-refractivity contribution < 1.29 is 85.3 Å². The topological polar surface area (TPSA) is 407 Å². The third-order valence-electron chi connectivity index (χ3n) is 8.42. The van der Waals surface area contributed by atoms with Crippen molar-refractivity contribution in [2.75, 3.05) is 37.8 Å². The van der Waals surface area contributed by atoms with Crippen LogP contribution in [0.25, 0.3) is 11.2 Å². The molecule has 1 aliphatic heterocycles. The number of rotatable bonds is 20. The lowest BCUT2D eigenvalue weighted by Gasteiger charge is -2.30. The minimum absolute atomic E-state index is 0.0222. The molecule has 1 aliphatic carbocycles. The first-order valence-electron chi connectivity index (χ1n) is 16.9. The molecule has 1 fully saturated rings. The zero-order valence-corrected chi connectivity index (χ0v) is 34.2. The van der Waals surface area contributed by atoms with Gasteiger partial charge >= 0.3 is 23.5 Å². The minimum atomic E-state index is -5.59. The molecular formula is C28H43N8O18P3S. The molecule has 2 amide bonds. The van der Waals surface area contributed by atoms with E-state index in [9.17, 15) is 62.7 Å². The number of nitrogens with one attached hydrogen (secondary N) is 2. The average Bonchev–Trinajstić information content (AvgIpc) is 3.69. The van der Waals surface area contributed by atoms with Crippen molar-refractivity contribution in [3.63, 3.8) is 0 Å². The summed E-state index contributed by atoms with van der Waals surface area (Å²) >= 11 is 0.892. The Bertz CT molecular complexity index is 2050. The SMILES string of the molecule is CC(C)(COP(=O)(O)OP(=O)(O)OCC1OC(n2cnc3c(N)ncnc32)C(O)C1OP(=O)(O)O)C(O)C(=O)NCCC(=O)NCCSC(=O)C1=C(N)CCC(=O)C1. The molecule has 0 aromatic carbocycles. The number of ether oxygens (including phenoxy) is 1. The van der Waals surface area contributed by atoms with Gasteiger partial charge < -0.3 is 56.6 Å². The number of phosphoric acid groups is 3. The Hall–Kier alpha value is -3.23. The van der Waals surface area contributed by atoms with Crippen LogP contribution in [0.4, 0.5) is 5.82 Å². The average molecular weight is 905 g/mol. The molecule has 3 heterocycles. The molecule has 0 spiro atoms. The van der Waals surface area contributed by atoms with Gasteiger partial charge in [0, 0.05) is 54.8 Å². The van der Waals surface area contributed by atoms with Crippen LogP contribution >= 0.6 is 35.2 Å². The Morgan fingerprint density at radius 2 is 1.74 bits per heavy atom. The Labute approximate surface area is 332 Å². The number of carbonyl (C=O) groups excluding carboxylic acids is 4. The van der Waals surface area contributed by atoms with Gasteiger partial charge in [0.2, 0.25) is 16.9 Å². The lowest BCUT2D eigenvalue weighted by Crippen LogP contribution is -2.46. The molecule has 2 aliphatic rings. The van der Waals surface area contributed by atoms with E-state index >= 15 is 0 Å². The number of imidazole rings is 1. The van der Waals surface area contributed by atoms with Crippen LogP contribution in [0.3, 0.4) is 0 Å². The molecule has 4 rings (SSSR count). The largest absolute Gasteiger partial charge is 0.481 e. The summed E-state index contributed by atoms with van der Waals surface area (Å²) in [4.78, 5) is 99.7. The van der Waals surface area contributed by atoms with E-state index in [0.29, 0.717) is 12.1 Å². The lowest BCUT2D eigenvalue weighted by atomic mass is 9.87. The molecule has 7 unspecified atom stereocenters. The van der Waals surface area contributed by atoms with E-state index in [1.807, 2.05) is 0 Å². The molecule has 30 heteroatoms. The number of nitrogens with zero attached hydrogens (tertiary/aromatic N) is 4. The maximum Gasteiger partial charge on any atom is 0.481 e. The summed E-state index contributed by atoms with van der Waals surface area (Å²) in [6.45, 7) is 0.255. The molecule has 0 bridgehead atoms. The summed E-state index contributed by atoms with van der Waals surface area (Å²) in [5.74, 6) is -1.45. The number of hydrogen-bond acceptors (Lipinski definition) is 20. The molecule has 2 aromatic rings. The molecular weight excluding hydrogens is 861 g/mol. The second-order valence-electron chi connectivity index (χ2n) is 13.4. The monoisotopic (exact) mass is 904 g/mol. The fraction of sp³-hybridized carbons (Fsp3) is 0.607. The number of allylic oxidation sites excluding steroid dienone is 1. The summed E-state index contributed by atoms with van der Waals surface area (Å²) in [5.41, 5.74) is 10.7. The van der Waals surface area contributed by atoms with Gasteiger partial charge in [-0.3, -0.25) is 37.3 Å². The van der Waals surface area contributed by atoms with Crippen LogP contribution in [0.2, 0.25) is 0 Å². The third kappa shape index (κ3) is 13.1. The highest BCUT2D eigenvalue weighted by molar-refractivity contribution is 8.14. The highest BCUT2D eigenvalue weighted by Crippen LogP contribution is 2.61. The van der Waals surface area contributed by atoms with Crippen molar-refractivity contribution >= 4 is 74.9 Å². The van der Waals surface area contributed by atoms with Gasteiger partial charge in [-0.25, -0.2) is 28.6 Å². The van der Waals surface area contributed by atoms with E-state index < -0.39 is 84.6 Å². The van der Waals surface area contributed by atoms with Crippen LogP contribution in [-0.4, -0.2) is 128 Å². The summed E-state index contributed by atoms with van der Waals surface area (Å²) in [6.07, 6.45) is -6.48. The van der Waals surface area contributed by atoms with Crippen molar-refractivity contribution in [1.82, 2.24) is 30.2 Å². The van der Waals surface area contributed by atoms with Crippen LogP contribution in [0.15, 0.2) is 23.9 Å². The number of aliphatic hydroxyl groups excluding tert-OH is 2. The molecule has 12 N–H and O–H groups in total. The smallest absolute Gasteiger partial charge is 0.402 e. The number of phosphoric ester groups is 3. The van der Waals surface area contributed by atoms with Gasteiger partial charge in [-0.05, 0) is 6.42 Å². The van der Waals surface area contributed by atoms with Crippen LogP contribution in [0.5, 0.6) is 0 Å². The van der Waals surface area contributed by atoms with Crippen LogP contribution < -0.4 is 22.1 Å². The third-order valence-corrected chi connectivity index (χ3v) is 12.4. The lowest BCUT2D eigenvalue weighted by molar-refractivity contribution is -0.137. The summed E-state index contributed by atoms with van der Waals surface area (Å²) < 4.78 is 62.1. The van der Waals surface area contributed by atoms with Crippen molar-refractivity contribution in [2.24, 2.45) is 11.1 Å². The van der Waals surface area contributed by atoms with E-state index in [4.69, 9.17) is 25.3 Å². The molecule has 1 saturated heterocycles. The molecule has 58 heavy (non-hydrogen) atoms. The first kappa shape index (κ1) is 47.4. The van der Waals surface area contributed by atoms with Crippen molar-refractivity contribution in [3.05, 3.63) is 23.9 Å². The van der Waals surface area contributed by atoms with E-state index in [2.05, 4.69) is 34.4 Å². The summed E-state index contributed by atoms with van der Waals surface area (Å²) in [6, 6.07) is 0. The number of amides is 2. The number of nitrogens with two attached hydrogens (primary N) is 2. The normalized spacial score (nSPS) is 23.0. The van der Waals surface area contributed by atoms with Crippen LogP contribution in [0, 0.1) is 5.41 Å². The molecule has 2 aromatic heterocycles. The van der Waals surface area contributed by atoms with E-state index in [1.165, 1.54) is 13.8 Å². The Morgan fingerprint density at radius 1 is 1.05 bits per heavy atom. The zero-order valence-electron chi connectivity index (χ0n) is 30.7. The standard InChI is InChI=1S/C28H43N8O18P3S/c1-28(2,22(40)25(41)32-6-5-18(38)31-7-8-58-27(42)15-9-14(37)3-4-16(15)29)11-51-57(48,49)54-56(46,47)50-10-17-21(53-55(43,44)45)20(39)26(52-17)36-13-35-19-23(30)33-12-34-24(19)36/h12-13,17,20-22,26,39-40H,3-11,29H2,1-2H3,(H,31,38)(H,32,41)(H,46,47)(H,48,49)(H2,30,33,34)(H2,43,44,45). The second-order valence-corrected chi connectivity index (χ2v) is 18.7. The number of hydrogen-bond donors (Lipinski definition) is 10. The fourth-order valence-electron chi connectivity index (χ4n) is 5.39. The van der Waals surface area contributed by atoms with Gasteiger partial charge in [-0.15, -0.1) is 0 Å². The number of Topliss-reactive ketones (excluding diaryl/α,β-unsaturated/α-hetero) is 1. The number of carbonyl (C=O) groups is 4. The number of aromatic nitrogens is 4. The van der Waals surface area contributed by atoms with Crippen molar-refractivity contribution in [1.29, 1.82) is 0 Å². The van der Waals surface area contributed by atoms with Gasteiger partial charge in [-0.2, -0.15) is 4.31 Å². The van der Waals surface area contributed by atoms with Crippen LogP contribution in [0.1, 0.15) is 45.8 Å². The predicted molar refractivity (Wildman–Crippen MR) is 197 cm³/mol. The van der Waals surface area contributed by atoms with E-state index in [1.54, 1.807) is 0 Å². The van der Waals surface area contributed by atoms with Gasteiger partial charge in [0.15, 0.2) is 17.7 Å². The highest BCUT2D eigenvalue weighted by atomic mass is 32.2. The summed E-state index contributed by atoms with van der Waals surface area (Å²) in [5, 5.41) is 26.0. The Kier molecular flexibility index (Phi) is 15.9. The quantitative estimate of drug-likeness (QED) is 0.0541. The predicted octanol–water partition coefficient (Wildman–Crippen LogP) is -1.37. The zero-order chi connectivity index (χ0) is 43.2. The van der Waals surface area contributed by atoms with E-state index in [0.717, 1.165) is 29.0 Å². The fourth-order valence-corrected chi connectivity index (χ4v) is 8.98. The maximum atomic E-state index is 12.7. The molecule has 0 saturated carbocycles.